The van der Waals surface area contributed by atoms with Crippen molar-refractivity contribution in [2.75, 3.05) is 19.8 Å². The van der Waals surface area contributed by atoms with Crippen molar-refractivity contribution < 1.29 is 32.2 Å². The number of amides is 1. The first-order valence-corrected chi connectivity index (χ1v) is 18.2. The van der Waals surface area contributed by atoms with E-state index in [0.717, 1.165) is 5.56 Å². The summed E-state index contributed by atoms with van der Waals surface area (Å²) in [6.45, 7) is 4.56. The number of esters is 1. The van der Waals surface area contributed by atoms with Gasteiger partial charge in [-0.3, -0.25) is 14.8 Å². The van der Waals surface area contributed by atoms with E-state index in [0.29, 0.717) is 75.5 Å². The molecular weight excluding hydrogens is 768 g/mol. The Kier molecular flexibility index (Phi) is 10.8. The highest BCUT2D eigenvalue weighted by atomic mass is 19.3. The number of carbonyl (C=O) groups excluding carboxylic acids is 2. The number of halogens is 3. The van der Waals surface area contributed by atoms with Crippen LogP contribution in [0.1, 0.15) is 45.5 Å². The summed E-state index contributed by atoms with van der Waals surface area (Å²) in [4.78, 5) is 51.1. The summed E-state index contributed by atoms with van der Waals surface area (Å²) < 4.78 is 52.9. The van der Waals surface area contributed by atoms with Crippen LogP contribution in [-0.4, -0.2) is 86.9 Å². The predicted octanol–water partition coefficient (Wildman–Crippen LogP) is 6.40. The lowest BCUT2D eigenvalue weighted by Gasteiger charge is -2.26. The predicted molar refractivity (Wildman–Crippen MR) is 207 cm³/mol. The smallest absolute Gasteiger partial charge is 0.343 e. The molecule has 15 nitrogen and oxygen atoms in total. The van der Waals surface area contributed by atoms with E-state index in [2.05, 4.69) is 45.4 Å². The number of carbonyl (C=O) groups is 2. The maximum Gasteiger partial charge on any atom is 0.343 e. The van der Waals surface area contributed by atoms with Gasteiger partial charge in [0.2, 0.25) is 0 Å². The van der Waals surface area contributed by atoms with Crippen LogP contribution in [0.3, 0.4) is 0 Å². The zero-order valence-corrected chi connectivity index (χ0v) is 31.3. The van der Waals surface area contributed by atoms with Crippen LogP contribution in [0.25, 0.3) is 56.6 Å². The molecule has 9 heterocycles. The molecule has 59 heavy (non-hydrogen) atoms. The summed E-state index contributed by atoms with van der Waals surface area (Å²) in [6, 6.07) is 18.0. The van der Waals surface area contributed by atoms with Crippen molar-refractivity contribution in [2.45, 2.75) is 26.3 Å². The molecule has 1 N–H and O–H groups in total. The Morgan fingerprint density at radius 1 is 0.780 bits per heavy atom. The Bertz CT molecular complexity index is 2840. The average molecular weight is 800 g/mol. The van der Waals surface area contributed by atoms with Crippen molar-refractivity contribution in [2.24, 2.45) is 0 Å². The maximum atomic E-state index is 13.7. The zero-order chi connectivity index (χ0) is 41.0. The van der Waals surface area contributed by atoms with Gasteiger partial charge < -0.3 is 14.8 Å². The minimum absolute atomic E-state index is 0.00773. The van der Waals surface area contributed by atoms with Gasteiger partial charge in [-0.05, 0) is 74.5 Å². The molecule has 1 aliphatic rings. The summed E-state index contributed by atoms with van der Waals surface area (Å²) >= 11 is 0. The molecule has 1 aliphatic heterocycles. The fourth-order valence-corrected chi connectivity index (χ4v) is 6.15. The highest BCUT2D eigenvalue weighted by Crippen LogP contribution is 2.31. The molecule has 1 fully saturated rings. The van der Waals surface area contributed by atoms with Gasteiger partial charge in [0.1, 0.15) is 22.6 Å². The van der Waals surface area contributed by atoms with Gasteiger partial charge in [-0.25, -0.2) is 46.9 Å². The summed E-state index contributed by atoms with van der Waals surface area (Å²) in [5.41, 5.74) is 5.58. The number of rotatable bonds is 9. The quantitative estimate of drug-likeness (QED) is 0.159. The molecule has 0 saturated carbocycles. The first-order chi connectivity index (χ1) is 28.7. The lowest BCUT2D eigenvalue weighted by atomic mass is 10.1. The molecule has 8 aromatic heterocycles. The van der Waals surface area contributed by atoms with E-state index in [-0.39, 0.29) is 35.6 Å². The van der Waals surface area contributed by atoms with Crippen molar-refractivity contribution in [3.63, 3.8) is 0 Å². The fourth-order valence-electron chi connectivity index (χ4n) is 6.15. The third-order valence-electron chi connectivity index (χ3n) is 9.12. The average Bonchev–Trinajstić information content (AvgIpc) is 3.88. The maximum absolute atomic E-state index is 13.7. The first kappa shape index (κ1) is 38.4. The third kappa shape index (κ3) is 7.93. The Morgan fingerprint density at radius 3 is 1.97 bits per heavy atom. The van der Waals surface area contributed by atoms with Crippen LogP contribution in [0, 0.1) is 12.7 Å². The Morgan fingerprint density at radius 2 is 1.39 bits per heavy atom. The number of aromatic nitrogens is 10. The molecule has 0 radical (unpaired) electrons. The summed E-state index contributed by atoms with van der Waals surface area (Å²) in [5.74, 6) is -1.14. The number of ether oxygens (including phenoxy) is 2. The molecule has 0 aliphatic carbocycles. The van der Waals surface area contributed by atoms with Crippen LogP contribution < -0.4 is 5.32 Å². The minimum atomic E-state index is -2.68. The van der Waals surface area contributed by atoms with Gasteiger partial charge in [-0.2, -0.15) is 10.2 Å². The largest absolute Gasteiger partial charge is 0.462 e. The van der Waals surface area contributed by atoms with Gasteiger partial charge in [0.05, 0.1) is 78.1 Å². The number of fused-ring (bicyclic) bond motifs is 2. The van der Waals surface area contributed by atoms with E-state index in [1.54, 1.807) is 85.6 Å². The normalized spacial score (nSPS) is 12.6. The third-order valence-corrected chi connectivity index (χ3v) is 9.12. The first-order valence-electron chi connectivity index (χ1n) is 18.2. The van der Waals surface area contributed by atoms with Crippen molar-refractivity contribution in [3.8, 4) is 45.3 Å². The molecule has 0 unspecified atom stereocenters. The number of nitrogens with one attached hydrogen (secondary N) is 1. The minimum Gasteiger partial charge on any atom is -0.462 e. The van der Waals surface area contributed by atoms with Gasteiger partial charge in [0.15, 0.2) is 11.3 Å². The summed E-state index contributed by atoms with van der Waals surface area (Å²) in [6.07, 6.45) is 6.79. The van der Waals surface area contributed by atoms with E-state index in [9.17, 15) is 22.8 Å². The second kappa shape index (κ2) is 16.6. The van der Waals surface area contributed by atoms with Crippen molar-refractivity contribution in [3.05, 3.63) is 132 Å². The highest BCUT2D eigenvalue weighted by Gasteiger charge is 2.24. The van der Waals surface area contributed by atoms with Crippen LogP contribution >= 0.6 is 0 Å². The van der Waals surface area contributed by atoms with E-state index in [4.69, 9.17) is 9.47 Å². The molecule has 1 saturated heterocycles. The lowest BCUT2D eigenvalue weighted by molar-refractivity contribution is -0.00343. The van der Waals surface area contributed by atoms with Gasteiger partial charge in [0.25, 0.3) is 12.3 Å². The molecule has 9 rings (SSSR count). The monoisotopic (exact) mass is 799 g/mol. The van der Waals surface area contributed by atoms with Crippen molar-refractivity contribution >= 4 is 23.2 Å². The van der Waals surface area contributed by atoms with Gasteiger partial charge in [0, 0.05) is 35.9 Å². The zero-order valence-electron chi connectivity index (χ0n) is 31.3. The molecule has 8 aromatic rings. The fraction of sp³-hybridized carbons (Fsp3) is 0.171. The number of pyridine rings is 4. The van der Waals surface area contributed by atoms with E-state index in [1.165, 1.54) is 35.1 Å². The van der Waals surface area contributed by atoms with Crippen LogP contribution in [-0.2, 0) is 9.47 Å². The summed E-state index contributed by atoms with van der Waals surface area (Å²) in [7, 11) is 0. The lowest BCUT2D eigenvalue weighted by Crippen LogP contribution is -2.48. The number of hydrogen-bond acceptors (Lipinski definition) is 12. The van der Waals surface area contributed by atoms with Gasteiger partial charge in [-0.1, -0.05) is 6.07 Å². The Labute approximate surface area is 333 Å². The molecule has 0 atom stereocenters. The molecule has 18 heteroatoms. The van der Waals surface area contributed by atoms with E-state index < -0.39 is 12.4 Å². The summed E-state index contributed by atoms with van der Waals surface area (Å²) in [5, 5.41) is 11.2. The molecular formula is C41H32F3N11O4. The molecule has 0 aromatic carbocycles. The van der Waals surface area contributed by atoms with Crippen LogP contribution in [0.4, 0.5) is 13.2 Å². The number of alkyl halides is 2. The molecule has 1 amide bonds. The van der Waals surface area contributed by atoms with Crippen molar-refractivity contribution in [1.82, 2.24) is 54.4 Å². The van der Waals surface area contributed by atoms with E-state index >= 15 is 0 Å². The highest BCUT2D eigenvalue weighted by molar-refractivity contribution is 6.00. The molecule has 0 bridgehead atoms. The standard InChI is InChI=1S/C21H17FN6O2.C20H15F2N5O2/c1-12-16(22)4-5-18(25-12)19-14(3-2-7-23-19)17-6-8-28-20(27-17)15(9-24-28)21(29)26-13-10-30-11-13;1-2-29-20(28)13-11-24-27-10-8-14(26-19(13)27)12-5-4-9-23-17(12)15-6-3-7-16(25-15)18(21)22/h2-9,13H,10-11H2,1H3,(H,26,29);3-11,18H,2H2,1H3. The second-order valence-electron chi connectivity index (χ2n) is 13.0. The topological polar surface area (TPSA) is 177 Å². The van der Waals surface area contributed by atoms with Crippen LogP contribution in [0.5, 0.6) is 0 Å². The molecule has 296 valence electrons. The van der Waals surface area contributed by atoms with Crippen molar-refractivity contribution in [1.29, 1.82) is 0 Å². The number of hydrogen-bond donors (Lipinski definition) is 1. The molecule has 0 spiro atoms. The SMILES string of the molecule is CCOC(=O)c1cnn2ccc(-c3cccnc3-c3cccc(C(F)F)n3)nc12.Cc1nc(-c2ncccc2-c2ccn3ncc(C(=O)NC4COC4)c3n2)ccc1F. The van der Waals surface area contributed by atoms with Gasteiger partial charge >= 0.3 is 5.97 Å². The van der Waals surface area contributed by atoms with Crippen LogP contribution in [0.2, 0.25) is 0 Å². The number of nitrogens with zero attached hydrogens (tertiary/aromatic N) is 10. The van der Waals surface area contributed by atoms with Crippen LogP contribution in [0.15, 0.2) is 104 Å². The Hall–Kier alpha value is -7.47. The van der Waals surface area contributed by atoms with Gasteiger partial charge in [-0.15, -0.1) is 0 Å². The second-order valence-corrected chi connectivity index (χ2v) is 13.0. The Balaban J connectivity index is 0.000000164. The van der Waals surface area contributed by atoms with E-state index in [1.807, 2.05) is 6.07 Å². The number of aryl methyl sites for hydroxylation is 1.